The molecule has 0 saturated carbocycles. The molecular weight excluding hydrogens is 313 g/mol. The van der Waals surface area contributed by atoms with Crippen LogP contribution in [0.25, 0.3) is 0 Å². The normalized spacial score (nSPS) is 10.6. The molecule has 22 heavy (non-hydrogen) atoms. The molecule has 0 aliphatic carbocycles. The quantitative estimate of drug-likeness (QED) is 0.562. The van der Waals surface area contributed by atoms with E-state index in [0.717, 1.165) is 0 Å². The van der Waals surface area contributed by atoms with Crippen LogP contribution in [-0.2, 0) is 6.54 Å². The average Bonchev–Trinajstić information content (AvgIpc) is 3.15. The molecule has 0 saturated heterocycles. The predicted octanol–water partition coefficient (Wildman–Crippen LogP) is 1.94. The van der Waals surface area contributed by atoms with Crippen molar-refractivity contribution in [2.45, 2.75) is 6.54 Å². The molecule has 0 aliphatic rings. The minimum absolute atomic E-state index is 0.0409. The van der Waals surface area contributed by atoms with Crippen LogP contribution < -0.4 is 5.32 Å². The number of rotatable bonds is 4. The van der Waals surface area contributed by atoms with Crippen LogP contribution in [0.1, 0.15) is 11.4 Å². The fourth-order valence-corrected chi connectivity index (χ4v) is 1.93. The highest BCUT2D eigenvalue weighted by atomic mass is 35.5. The summed E-state index contributed by atoms with van der Waals surface area (Å²) in [5, 5.41) is 25.6. The SMILES string of the molecule is N=C(Nc1ccc(F)c(Cl)c1)c1nonc1Cn1cnnc1. The van der Waals surface area contributed by atoms with Crippen LogP contribution >= 0.6 is 11.6 Å². The number of amidine groups is 1. The van der Waals surface area contributed by atoms with Gasteiger partial charge in [0.05, 0.1) is 11.6 Å². The zero-order valence-electron chi connectivity index (χ0n) is 11.0. The van der Waals surface area contributed by atoms with Gasteiger partial charge >= 0.3 is 0 Å². The zero-order valence-corrected chi connectivity index (χ0v) is 11.8. The molecule has 0 spiro atoms. The summed E-state index contributed by atoms with van der Waals surface area (Å²) in [5.41, 5.74) is 1.12. The molecule has 0 radical (unpaired) electrons. The Labute approximate surface area is 128 Å². The third-order valence-electron chi connectivity index (χ3n) is 2.78. The van der Waals surface area contributed by atoms with Crippen molar-refractivity contribution < 1.29 is 9.02 Å². The second kappa shape index (κ2) is 5.90. The van der Waals surface area contributed by atoms with Crippen molar-refractivity contribution in [2.24, 2.45) is 0 Å². The van der Waals surface area contributed by atoms with Gasteiger partial charge in [-0.05, 0) is 23.4 Å². The van der Waals surface area contributed by atoms with Crippen molar-refractivity contribution in [2.75, 3.05) is 5.32 Å². The van der Waals surface area contributed by atoms with Crippen molar-refractivity contribution >= 4 is 23.1 Å². The molecule has 0 aliphatic heterocycles. The van der Waals surface area contributed by atoms with Gasteiger partial charge in [0.25, 0.3) is 0 Å². The molecular formula is C12H9ClFN7O. The maximum atomic E-state index is 13.1. The number of hydrogen-bond acceptors (Lipinski definition) is 6. The minimum atomic E-state index is -0.532. The topological polar surface area (TPSA) is 106 Å². The van der Waals surface area contributed by atoms with Crippen LogP contribution in [0.15, 0.2) is 35.5 Å². The molecule has 0 atom stereocenters. The standard InChI is InChI=1S/C12H9ClFN7O/c13-8-3-7(1-2-9(8)14)18-12(15)11-10(19-22-20-11)4-21-5-16-17-6-21/h1-3,5-6H,4H2,(H2,15,18). The molecule has 1 aromatic carbocycles. The molecule has 3 aromatic rings. The highest BCUT2D eigenvalue weighted by molar-refractivity contribution is 6.31. The van der Waals surface area contributed by atoms with Crippen LogP contribution in [0, 0.1) is 11.2 Å². The Morgan fingerprint density at radius 1 is 1.32 bits per heavy atom. The molecule has 0 unspecified atom stereocenters. The average molecular weight is 322 g/mol. The first-order valence-electron chi connectivity index (χ1n) is 6.08. The second-order valence-corrected chi connectivity index (χ2v) is 4.73. The monoisotopic (exact) mass is 321 g/mol. The van der Waals surface area contributed by atoms with Gasteiger partial charge in [0.1, 0.15) is 24.2 Å². The number of benzene rings is 1. The Kier molecular flexibility index (Phi) is 3.79. The van der Waals surface area contributed by atoms with E-state index in [4.69, 9.17) is 17.0 Å². The Balaban J connectivity index is 1.78. The molecule has 0 fully saturated rings. The Hall–Kier alpha value is -2.81. The highest BCUT2D eigenvalue weighted by Gasteiger charge is 2.16. The van der Waals surface area contributed by atoms with Crippen LogP contribution in [0.3, 0.4) is 0 Å². The van der Waals surface area contributed by atoms with Gasteiger partial charge in [0.2, 0.25) is 0 Å². The molecule has 112 valence electrons. The maximum absolute atomic E-state index is 13.1. The van der Waals surface area contributed by atoms with Crippen molar-refractivity contribution in [1.82, 2.24) is 25.1 Å². The summed E-state index contributed by atoms with van der Waals surface area (Å²) in [6.45, 7) is 0.306. The molecule has 3 rings (SSSR count). The van der Waals surface area contributed by atoms with Gasteiger partial charge in [-0.15, -0.1) is 10.2 Å². The molecule has 2 aromatic heterocycles. The molecule has 0 amide bonds. The Morgan fingerprint density at radius 3 is 2.82 bits per heavy atom. The van der Waals surface area contributed by atoms with Crippen LogP contribution in [0.2, 0.25) is 5.02 Å². The number of nitrogens with zero attached hydrogens (tertiary/aromatic N) is 5. The highest BCUT2D eigenvalue weighted by Crippen LogP contribution is 2.20. The van der Waals surface area contributed by atoms with E-state index >= 15 is 0 Å². The molecule has 10 heteroatoms. The largest absolute Gasteiger partial charge is 0.339 e. The van der Waals surface area contributed by atoms with E-state index in [0.29, 0.717) is 17.9 Å². The maximum Gasteiger partial charge on any atom is 0.174 e. The third kappa shape index (κ3) is 2.93. The van der Waals surface area contributed by atoms with E-state index in [1.807, 2.05) is 0 Å². The van der Waals surface area contributed by atoms with Crippen LogP contribution in [-0.4, -0.2) is 30.9 Å². The smallest absolute Gasteiger partial charge is 0.174 e. The van der Waals surface area contributed by atoms with E-state index in [2.05, 4.69) is 30.5 Å². The fourth-order valence-electron chi connectivity index (χ4n) is 1.75. The fraction of sp³-hybridized carbons (Fsp3) is 0.0833. The first-order valence-corrected chi connectivity index (χ1v) is 6.46. The summed E-state index contributed by atoms with van der Waals surface area (Å²) in [6, 6.07) is 4.04. The summed E-state index contributed by atoms with van der Waals surface area (Å²) < 4.78 is 19.5. The van der Waals surface area contributed by atoms with Gasteiger partial charge in [-0.2, -0.15) is 0 Å². The Morgan fingerprint density at radius 2 is 2.09 bits per heavy atom. The minimum Gasteiger partial charge on any atom is -0.339 e. The molecule has 0 bridgehead atoms. The summed E-state index contributed by atoms with van der Waals surface area (Å²) >= 11 is 5.70. The van der Waals surface area contributed by atoms with Crippen molar-refractivity contribution in [3.8, 4) is 0 Å². The summed E-state index contributed by atoms with van der Waals surface area (Å²) in [5.74, 6) is -0.581. The summed E-state index contributed by atoms with van der Waals surface area (Å²) in [7, 11) is 0. The van der Waals surface area contributed by atoms with Gasteiger partial charge in [-0.3, -0.25) is 5.41 Å². The lowest BCUT2D eigenvalue weighted by Crippen LogP contribution is -2.15. The van der Waals surface area contributed by atoms with E-state index in [1.54, 1.807) is 4.57 Å². The summed E-state index contributed by atoms with van der Waals surface area (Å²) in [4.78, 5) is 0. The number of hydrogen-bond donors (Lipinski definition) is 2. The molecule has 8 nitrogen and oxygen atoms in total. The van der Waals surface area contributed by atoms with Gasteiger partial charge in [-0.1, -0.05) is 16.8 Å². The second-order valence-electron chi connectivity index (χ2n) is 4.32. The molecule has 2 N–H and O–H groups in total. The van der Waals surface area contributed by atoms with Crippen LogP contribution in [0.5, 0.6) is 0 Å². The predicted molar refractivity (Wildman–Crippen MR) is 75.3 cm³/mol. The van der Waals surface area contributed by atoms with Gasteiger partial charge < -0.3 is 9.88 Å². The van der Waals surface area contributed by atoms with Crippen molar-refractivity contribution in [3.63, 3.8) is 0 Å². The van der Waals surface area contributed by atoms with E-state index in [1.165, 1.54) is 30.9 Å². The van der Waals surface area contributed by atoms with Gasteiger partial charge in [0, 0.05) is 5.69 Å². The third-order valence-corrected chi connectivity index (χ3v) is 3.07. The van der Waals surface area contributed by atoms with Crippen molar-refractivity contribution in [1.29, 1.82) is 5.41 Å². The van der Waals surface area contributed by atoms with Gasteiger partial charge in [-0.25, -0.2) is 9.02 Å². The number of aromatic nitrogens is 5. The zero-order chi connectivity index (χ0) is 15.5. The summed E-state index contributed by atoms with van der Waals surface area (Å²) in [6.07, 6.45) is 3.02. The molecule has 2 heterocycles. The van der Waals surface area contributed by atoms with E-state index < -0.39 is 5.82 Å². The van der Waals surface area contributed by atoms with Gasteiger partial charge in [0.15, 0.2) is 11.5 Å². The van der Waals surface area contributed by atoms with Crippen molar-refractivity contribution in [3.05, 3.63) is 53.1 Å². The number of anilines is 1. The number of halogens is 2. The Bertz CT molecular complexity index is 802. The first kappa shape index (κ1) is 14.1. The van der Waals surface area contributed by atoms with E-state index in [-0.39, 0.29) is 16.6 Å². The lowest BCUT2D eigenvalue weighted by Gasteiger charge is -2.07. The lowest BCUT2D eigenvalue weighted by atomic mass is 10.2. The first-order chi connectivity index (χ1) is 10.6. The van der Waals surface area contributed by atoms with E-state index in [9.17, 15) is 4.39 Å². The lowest BCUT2D eigenvalue weighted by molar-refractivity contribution is 0.302. The number of nitrogens with one attached hydrogen (secondary N) is 2. The van der Waals surface area contributed by atoms with Crippen LogP contribution in [0.4, 0.5) is 10.1 Å².